The van der Waals surface area contributed by atoms with Gasteiger partial charge in [-0.25, -0.2) is 4.98 Å². The average molecular weight is 490 g/mol. The molecule has 2 aliphatic heterocycles. The molecule has 2 saturated heterocycles. The van der Waals surface area contributed by atoms with Gasteiger partial charge in [0, 0.05) is 53.1 Å². The fourth-order valence-corrected chi connectivity index (χ4v) is 5.78. The van der Waals surface area contributed by atoms with Crippen molar-refractivity contribution in [1.29, 1.82) is 0 Å². The standard InChI is InChI=1S/C28H35N5O3/c1-15(2)31-24-13-22(16(3)10-23(24)27(29)35)28(36)32-19-11-20-7-8-21(12-19)33(20)25-9-6-18(14-30-25)26(34)17-4-5-17/h6,9-10,13-15,17,19-21,31H,4-5,7-8,11-12H2,1-3H3,(H2,29,35)(H,32,36). The summed E-state index contributed by atoms with van der Waals surface area (Å²) in [4.78, 5) is 44.6. The molecular weight excluding hydrogens is 454 g/mol. The van der Waals surface area contributed by atoms with Crippen molar-refractivity contribution in [2.24, 2.45) is 11.7 Å². The van der Waals surface area contributed by atoms with E-state index < -0.39 is 5.91 Å². The van der Waals surface area contributed by atoms with E-state index in [0.717, 1.165) is 49.9 Å². The Morgan fingerprint density at radius 1 is 1.03 bits per heavy atom. The van der Waals surface area contributed by atoms with Gasteiger partial charge in [0.25, 0.3) is 11.8 Å². The summed E-state index contributed by atoms with van der Waals surface area (Å²) in [6.45, 7) is 5.78. The van der Waals surface area contributed by atoms with E-state index in [2.05, 4.69) is 20.5 Å². The molecule has 1 aromatic carbocycles. The van der Waals surface area contributed by atoms with Crippen LogP contribution in [0.15, 0.2) is 30.5 Å². The Morgan fingerprint density at radius 2 is 1.72 bits per heavy atom. The van der Waals surface area contributed by atoms with Crippen LogP contribution in [-0.4, -0.2) is 46.7 Å². The molecule has 1 saturated carbocycles. The maximum absolute atomic E-state index is 13.3. The molecule has 2 bridgehead atoms. The van der Waals surface area contributed by atoms with Gasteiger partial charge in [0.1, 0.15) is 5.82 Å². The first-order valence-electron chi connectivity index (χ1n) is 13.0. The molecule has 2 unspecified atom stereocenters. The Balaban J connectivity index is 1.27. The number of hydrogen-bond acceptors (Lipinski definition) is 6. The highest BCUT2D eigenvalue weighted by atomic mass is 16.2. The van der Waals surface area contributed by atoms with Gasteiger partial charge in [-0.05, 0) is 89.1 Å². The highest BCUT2D eigenvalue weighted by molar-refractivity contribution is 6.03. The lowest BCUT2D eigenvalue weighted by molar-refractivity contribution is 0.0923. The number of benzene rings is 1. The first-order chi connectivity index (χ1) is 17.2. The molecule has 1 aromatic heterocycles. The van der Waals surface area contributed by atoms with Gasteiger partial charge in [0.15, 0.2) is 5.78 Å². The van der Waals surface area contributed by atoms with Crippen LogP contribution < -0.4 is 21.3 Å². The van der Waals surface area contributed by atoms with Crippen LogP contribution in [0.3, 0.4) is 0 Å². The quantitative estimate of drug-likeness (QED) is 0.485. The molecule has 8 nitrogen and oxygen atoms in total. The summed E-state index contributed by atoms with van der Waals surface area (Å²) >= 11 is 0. The number of anilines is 2. The number of primary amides is 1. The molecule has 0 radical (unpaired) electrons. The predicted molar refractivity (Wildman–Crippen MR) is 140 cm³/mol. The Labute approximate surface area is 212 Å². The lowest BCUT2D eigenvalue weighted by Gasteiger charge is -2.40. The van der Waals surface area contributed by atoms with Crippen LogP contribution >= 0.6 is 0 Å². The fourth-order valence-electron chi connectivity index (χ4n) is 5.78. The number of piperidine rings is 1. The molecule has 0 spiro atoms. The van der Waals surface area contributed by atoms with E-state index in [4.69, 9.17) is 5.73 Å². The summed E-state index contributed by atoms with van der Waals surface area (Å²) in [7, 11) is 0. The number of nitrogens with two attached hydrogens (primary N) is 1. The van der Waals surface area contributed by atoms with E-state index >= 15 is 0 Å². The second-order valence-electron chi connectivity index (χ2n) is 10.9. The number of hydrogen-bond donors (Lipinski definition) is 3. The molecular formula is C28H35N5O3. The molecule has 3 heterocycles. The van der Waals surface area contributed by atoms with E-state index in [-0.39, 0.29) is 29.7 Å². The minimum atomic E-state index is -0.518. The number of pyridine rings is 1. The van der Waals surface area contributed by atoms with Crippen LogP contribution in [0.2, 0.25) is 0 Å². The Morgan fingerprint density at radius 3 is 2.28 bits per heavy atom. The Bertz CT molecular complexity index is 1170. The summed E-state index contributed by atoms with van der Waals surface area (Å²) in [5.41, 5.74) is 8.52. The third kappa shape index (κ3) is 4.81. The van der Waals surface area contributed by atoms with Crippen molar-refractivity contribution in [3.05, 3.63) is 52.7 Å². The molecule has 36 heavy (non-hydrogen) atoms. The number of ketones is 1. The number of aryl methyl sites for hydroxylation is 1. The van der Waals surface area contributed by atoms with Gasteiger partial charge in [-0.2, -0.15) is 0 Å². The number of nitrogens with one attached hydrogen (secondary N) is 2. The van der Waals surface area contributed by atoms with Crippen LogP contribution in [0.25, 0.3) is 0 Å². The van der Waals surface area contributed by atoms with Gasteiger partial charge in [-0.1, -0.05) is 0 Å². The molecule has 5 rings (SSSR count). The van der Waals surface area contributed by atoms with Gasteiger partial charge in [-0.15, -0.1) is 0 Å². The molecule has 3 aliphatic rings. The number of carbonyl (C=O) groups excluding carboxylic acids is 3. The highest BCUT2D eigenvalue weighted by Crippen LogP contribution is 2.39. The van der Waals surface area contributed by atoms with E-state index in [0.29, 0.717) is 34.5 Å². The number of Topliss-reactive ketones (excluding diaryl/α,β-unsaturated/α-hetero) is 1. The molecule has 2 aromatic rings. The first-order valence-corrected chi connectivity index (χ1v) is 13.0. The monoisotopic (exact) mass is 489 g/mol. The van der Waals surface area contributed by atoms with Gasteiger partial charge in [0.05, 0.1) is 5.56 Å². The summed E-state index contributed by atoms with van der Waals surface area (Å²) < 4.78 is 0. The maximum atomic E-state index is 13.3. The van der Waals surface area contributed by atoms with Crippen LogP contribution in [0.1, 0.15) is 89.0 Å². The highest BCUT2D eigenvalue weighted by Gasteiger charge is 2.42. The van der Waals surface area contributed by atoms with Gasteiger partial charge in [0.2, 0.25) is 0 Å². The van der Waals surface area contributed by atoms with Crippen molar-refractivity contribution < 1.29 is 14.4 Å². The maximum Gasteiger partial charge on any atom is 0.251 e. The van der Waals surface area contributed by atoms with E-state index in [9.17, 15) is 14.4 Å². The SMILES string of the molecule is Cc1cc(C(N)=O)c(NC(C)C)cc1C(=O)NC1CC2CCC(C1)N2c1ccc(C(=O)C2CC2)cn1. The Hall–Kier alpha value is -3.42. The minimum Gasteiger partial charge on any atom is -0.382 e. The van der Waals surface area contributed by atoms with Crippen LogP contribution in [0, 0.1) is 12.8 Å². The van der Waals surface area contributed by atoms with Crippen molar-refractivity contribution in [3.63, 3.8) is 0 Å². The predicted octanol–water partition coefficient (Wildman–Crippen LogP) is 3.83. The van der Waals surface area contributed by atoms with Crippen molar-refractivity contribution in [3.8, 4) is 0 Å². The molecule has 2 atom stereocenters. The first kappa shape index (κ1) is 24.3. The molecule has 1 aliphatic carbocycles. The second-order valence-corrected chi connectivity index (χ2v) is 10.9. The normalized spacial score (nSPS) is 23.0. The van der Waals surface area contributed by atoms with E-state index in [1.807, 2.05) is 32.9 Å². The zero-order chi connectivity index (χ0) is 25.6. The summed E-state index contributed by atoms with van der Waals surface area (Å²) in [6, 6.07) is 8.10. The van der Waals surface area contributed by atoms with E-state index in [1.54, 1.807) is 18.3 Å². The summed E-state index contributed by atoms with van der Waals surface area (Å²) in [5, 5.41) is 6.48. The number of nitrogens with zero attached hydrogens (tertiary/aromatic N) is 2. The number of aromatic nitrogens is 1. The van der Waals surface area contributed by atoms with Crippen LogP contribution in [-0.2, 0) is 0 Å². The lowest BCUT2D eigenvalue weighted by Crippen LogP contribution is -2.50. The van der Waals surface area contributed by atoms with Gasteiger partial charge in [-0.3, -0.25) is 14.4 Å². The summed E-state index contributed by atoms with van der Waals surface area (Å²) in [5.74, 6) is 0.678. The largest absolute Gasteiger partial charge is 0.382 e. The van der Waals surface area contributed by atoms with Crippen molar-refractivity contribution >= 4 is 29.1 Å². The number of amides is 2. The molecule has 2 amide bonds. The number of fused-ring (bicyclic) bond motifs is 2. The van der Waals surface area contributed by atoms with E-state index in [1.165, 1.54) is 0 Å². The van der Waals surface area contributed by atoms with Gasteiger partial charge < -0.3 is 21.3 Å². The third-order valence-electron chi connectivity index (χ3n) is 7.63. The van der Waals surface area contributed by atoms with Gasteiger partial charge >= 0.3 is 0 Å². The Kier molecular flexibility index (Phi) is 6.45. The number of carbonyl (C=O) groups is 3. The van der Waals surface area contributed by atoms with Crippen molar-refractivity contribution in [2.45, 2.75) is 83.5 Å². The smallest absolute Gasteiger partial charge is 0.251 e. The zero-order valence-electron chi connectivity index (χ0n) is 21.2. The molecule has 4 N–H and O–H groups in total. The third-order valence-corrected chi connectivity index (χ3v) is 7.63. The molecule has 3 fully saturated rings. The summed E-state index contributed by atoms with van der Waals surface area (Å²) in [6.07, 6.45) is 7.55. The van der Waals surface area contributed by atoms with Crippen LogP contribution in [0.4, 0.5) is 11.5 Å². The zero-order valence-corrected chi connectivity index (χ0v) is 21.2. The molecule has 190 valence electrons. The second kappa shape index (κ2) is 9.56. The average Bonchev–Trinajstić information content (AvgIpc) is 3.64. The number of rotatable bonds is 8. The topological polar surface area (TPSA) is 117 Å². The van der Waals surface area contributed by atoms with Crippen molar-refractivity contribution in [1.82, 2.24) is 10.3 Å². The molecule has 8 heteroatoms. The minimum absolute atomic E-state index is 0.0682. The van der Waals surface area contributed by atoms with Crippen LogP contribution in [0.5, 0.6) is 0 Å². The fraction of sp³-hybridized carbons (Fsp3) is 0.500. The van der Waals surface area contributed by atoms with Crippen molar-refractivity contribution in [2.75, 3.05) is 10.2 Å². The lowest BCUT2D eigenvalue weighted by atomic mass is 9.95.